The largest absolute Gasteiger partial charge is 0.481 e. The zero-order valence-electron chi connectivity index (χ0n) is 12.1. The van der Waals surface area contributed by atoms with Crippen LogP contribution in [0.3, 0.4) is 0 Å². The first-order chi connectivity index (χ1) is 11.0. The van der Waals surface area contributed by atoms with Crippen molar-refractivity contribution in [3.05, 3.63) is 36.7 Å². The van der Waals surface area contributed by atoms with Gasteiger partial charge in [-0.15, -0.1) is 11.3 Å². The molecule has 1 aromatic carbocycles. The second kappa shape index (κ2) is 6.77. The summed E-state index contributed by atoms with van der Waals surface area (Å²) in [6.45, 7) is 0. The Morgan fingerprint density at radius 3 is 2.70 bits per heavy atom. The Labute approximate surface area is 143 Å². The molecule has 1 N–H and O–H groups in total. The van der Waals surface area contributed by atoms with Crippen LogP contribution in [0.2, 0.25) is 0 Å². The number of thioether (sulfide) groups is 1. The predicted molar refractivity (Wildman–Crippen MR) is 93.5 cm³/mol. The first-order valence-electron chi connectivity index (χ1n) is 6.57. The van der Waals surface area contributed by atoms with E-state index in [2.05, 4.69) is 9.97 Å². The van der Waals surface area contributed by atoms with E-state index in [1.165, 1.54) is 29.4 Å². The Balaban J connectivity index is 1.97. The third-order valence-electron chi connectivity index (χ3n) is 3.08. The summed E-state index contributed by atoms with van der Waals surface area (Å²) >= 11 is 2.72. The lowest BCUT2D eigenvalue weighted by molar-refractivity contribution is -0.133. The van der Waals surface area contributed by atoms with Gasteiger partial charge in [0.15, 0.2) is 0 Å². The minimum absolute atomic E-state index is 0.0314. The normalized spacial score (nSPS) is 12.4. The van der Waals surface area contributed by atoms with Crippen molar-refractivity contribution in [3.63, 3.8) is 0 Å². The number of aromatic nitrogens is 2. The Hall–Kier alpha value is -1.77. The number of carbonyl (C=O) groups is 1. The van der Waals surface area contributed by atoms with Gasteiger partial charge in [-0.05, 0) is 23.8 Å². The molecular weight excluding hydrogens is 352 g/mol. The number of hydrogen-bond donors (Lipinski definition) is 1. The van der Waals surface area contributed by atoms with E-state index in [1.54, 1.807) is 6.26 Å². The van der Waals surface area contributed by atoms with Gasteiger partial charge in [0.25, 0.3) is 0 Å². The summed E-state index contributed by atoms with van der Waals surface area (Å²) in [4.78, 5) is 21.0. The fraction of sp³-hybridized carbons (Fsp3) is 0.133. The molecule has 0 spiro atoms. The van der Waals surface area contributed by atoms with E-state index in [0.717, 1.165) is 25.6 Å². The van der Waals surface area contributed by atoms with E-state index in [4.69, 9.17) is 5.11 Å². The van der Waals surface area contributed by atoms with Gasteiger partial charge in [0.1, 0.15) is 11.4 Å². The van der Waals surface area contributed by atoms with Gasteiger partial charge in [-0.25, -0.2) is 9.97 Å². The van der Waals surface area contributed by atoms with E-state index in [-0.39, 0.29) is 5.75 Å². The quantitative estimate of drug-likeness (QED) is 0.553. The molecule has 1 atom stereocenters. The minimum Gasteiger partial charge on any atom is -0.481 e. The lowest BCUT2D eigenvalue weighted by atomic mass is 10.2. The van der Waals surface area contributed by atoms with Gasteiger partial charge in [-0.1, -0.05) is 23.9 Å². The Bertz CT molecular complexity index is 891. The maximum atomic E-state index is 11.5. The van der Waals surface area contributed by atoms with Crippen molar-refractivity contribution in [2.45, 2.75) is 9.92 Å². The molecule has 2 heterocycles. The fourth-order valence-corrected chi connectivity index (χ4v) is 4.46. The van der Waals surface area contributed by atoms with Gasteiger partial charge in [0.2, 0.25) is 0 Å². The number of benzene rings is 1. The average molecular weight is 364 g/mol. The Morgan fingerprint density at radius 2 is 2.04 bits per heavy atom. The molecule has 8 heteroatoms. The van der Waals surface area contributed by atoms with Crippen molar-refractivity contribution in [2.24, 2.45) is 0 Å². The molecule has 118 valence electrons. The maximum Gasteiger partial charge on any atom is 0.313 e. The third kappa shape index (κ3) is 3.60. The predicted octanol–water partition coefficient (Wildman–Crippen LogP) is 3.27. The second-order valence-electron chi connectivity index (χ2n) is 4.66. The molecular formula is C15H12N2O3S3. The molecule has 0 saturated heterocycles. The van der Waals surface area contributed by atoms with Gasteiger partial charge in [-0.3, -0.25) is 9.00 Å². The summed E-state index contributed by atoms with van der Waals surface area (Å²) in [6.07, 6.45) is 3.10. The van der Waals surface area contributed by atoms with Gasteiger partial charge in [0.05, 0.1) is 16.0 Å². The summed E-state index contributed by atoms with van der Waals surface area (Å²) in [6, 6.07) is 9.52. The van der Waals surface area contributed by atoms with E-state index in [9.17, 15) is 9.00 Å². The molecule has 0 saturated carbocycles. The van der Waals surface area contributed by atoms with Gasteiger partial charge < -0.3 is 5.11 Å². The zero-order valence-corrected chi connectivity index (χ0v) is 14.5. The number of thiophene rings is 1. The topological polar surface area (TPSA) is 80.2 Å². The maximum absolute atomic E-state index is 11.5. The van der Waals surface area contributed by atoms with Crippen molar-refractivity contribution in [1.82, 2.24) is 9.97 Å². The molecule has 23 heavy (non-hydrogen) atoms. The van der Waals surface area contributed by atoms with Crippen LogP contribution in [0.4, 0.5) is 0 Å². The molecule has 0 fully saturated rings. The standard InChI is InChI=1S/C15H12N2O3S3/c1-23(20)10-4-2-9(3-5-10)12-6-11-14(22-12)15(17-8-16-11)21-7-13(18)19/h2-6,8H,7H2,1H3,(H,18,19). The number of nitrogens with zero attached hydrogens (tertiary/aromatic N) is 2. The van der Waals surface area contributed by atoms with E-state index in [0.29, 0.717) is 5.03 Å². The number of fused-ring (bicyclic) bond motifs is 1. The van der Waals surface area contributed by atoms with Crippen LogP contribution in [0, 0.1) is 0 Å². The minimum atomic E-state index is -0.997. The average Bonchev–Trinajstić information content (AvgIpc) is 2.97. The number of aliphatic carboxylic acids is 1. The molecule has 5 nitrogen and oxygen atoms in total. The van der Waals surface area contributed by atoms with Gasteiger partial charge >= 0.3 is 5.97 Å². The number of carboxylic acid groups (broad SMARTS) is 1. The summed E-state index contributed by atoms with van der Waals surface area (Å²) in [7, 11) is -0.997. The lowest BCUT2D eigenvalue weighted by Gasteiger charge is -1.99. The van der Waals surface area contributed by atoms with E-state index < -0.39 is 16.8 Å². The molecule has 2 aromatic heterocycles. The summed E-state index contributed by atoms with van der Waals surface area (Å²) in [5.74, 6) is -0.905. The summed E-state index contributed by atoms with van der Waals surface area (Å²) in [5, 5.41) is 9.50. The highest BCUT2D eigenvalue weighted by Crippen LogP contribution is 2.36. The summed E-state index contributed by atoms with van der Waals surface area (Å²) < 4.78 is 12.3. The Morgan fingerprint density at radius 1 is 1.30 bits per heavy atom. The van der Waals surface area contributed by atoms with Crippen molar-refractivity contribution in [1.29, 1.82) is 0 Å². The molecule has 3 rings (SSSR count). The smallest absolute Gasteiger partial charge is 0.313 e. The molecule has 0 aliphatic rings. The first-order valence-corrected chi connectivity index (χ1v) is 9.93. The number of carboxylic acids is 1. The van der Waals surface area contributed by atoms with Gasteiger partial charge in [0, 0.05) is 26.8 Å². The van der Waals surface area contributed by atoms with Gasteiger partial charge in [-0.2, -0.15) is 0 Å². The lowest BCUT2D eigenvalue weighted by Crippen LogP contribution is -1.98. The van der Waals surface area contributed by atoms with Crippen LogP contribution >= 0.6 is 23.1 Å². The summed E-state index contributed by atoms with van der Waals surface area (Å²) in [5.41, 5.74) is 1.81. The highest BCUT2D eigenvalue weighted by molar-refractivity contribution is 8.00. The SMILES string of the molecule is CS(=O)c1ccc(-c2cc3ncnc(SCC(=O)O)c3s2)cc1. The van der Waals surface area contributed by atoms with Crippen LogP contribution in [0.1, 0.15) is 0 Å². The molecule has 0 aliphatic carbocycles. The Kier molecular flexibility index (Phi) is 4.74. The number of hydrogen-bond acceptors (Lipinski definition) is 6. The van der Waals surface area contributed by atoms with Crippen LogP contribution in [0.25, 0.3) is 20.7 Å². The van der Waals surface area contributed by atoms with Crippen molar-refractivity contribution < 1.29 is 14.1 Å². The second-order valence-corrected chi connectivity index (χ2v) is 8.06. The first kappa shape index (κ1) is 16.1. The van der Waals surface area contributed by atoms with Crippen LogP contribution in [0.5, 0.6) is 0 Å². The highest BCUT2D eigenvalue weighted by Gasteiger charge is 2.12. The third-order valence-corrected chi connectivity index (χ3v) is 6.30. The van der Waals surface area contributed by atoms with E-state index >= 15 is 0 Å². The van der Waals surface area contributed by atoms with Crippen LogP contribution < -0.4 is 0 Å². The molecule has 0 bridgehead atoms. The van der Waals surface area contributed by atoms with Crippen molar-refractivity contribution in [2.75, 3.05) is 12.0 Å². The molecule has 3 aromatic rings. The molecule has 0 amide bonds. The van der Waals surface area contributed by atoms with Crippen molar-refractivity contribution >= 4 is 50.1 Å². The molecule has 0 radical (unpaired) electrons. The molecule has 0 aliphatic heterocycles. The monoisotopic (exact) mass is 364 g/mol. The fourth-order valence-electron chi connectivity index (χ4n) is 2.02. The molecule has 1 unspecified atom stereocenters. The van der Waals surface area contributed by atoms with Crippen LogP contribution in [-0.2, 0) is 15.6 Å². The van der Waals surface area contributed by atoms with Crippen molar-refractivity contribution in [3.8, 4) is 10.4 Å². The van der Waals surface area contributed by atoms with E-state index in [1.807, 2.05) is 30.3 Å². The zero-order chi connectivity index (χ0) is 16.4. The highest BCUT2D eigenvalue weighted by atomic mass is 32.2. The van der Waals surface area contributed by atoms with Crippen LogP contribution in [0.15, 0.2) is 46.6 Å². The van der Waals surface area contributed by atoms with Crippen LogP contribution in [-0.4, -0.2) is 37.3 Å². The number of rotatable bonds is 5.